The van der Waals surface area contributed by atoms with Crippen LogP contribution in [0.3, 0.4) is 0 Å². The highest BCUT2D eigenvalue weighted by Gasteiger charge is 2.21. The maximum absolute atomic E-state index is 10.4. The van der Waals surface area contributed by atoms with E-state index in [-0.39, 0.29) is 35.4 Å². The van der Waals surface area contributed by atoms with Gasteiger partial charge in [-0.15, -0.1) is 5.10 Å². The zero-order valence-electron chi connectivity index (χ0n) is 18.4. The van der Waals surface area contributed by atoms with Gasteiger partial charge in [-0.3, -0.25) is 5.43 Å². The summed E-state index contributed by atoms with van der Waals surface area (Å²) in [6, 6.07) is 7.88. The molecule has 9 nitrogen and oxygen atoms in total. The number of rotatable bonds is 7. The number of ether oxygens (including phenoxy) is 2. The van der Waals surface area contributed by atoms with Gasteiger partial charge in [0.15, 0.2) is 17.3 Å². The molecule has 1 fully saturated rings. The third-order valence-electron chi connectivity index (χ3n) is 5.65. The van der Waals surface area contributed by atoms with Gasteiger partial charge >= 0.3 is 6.01 Å². The second kappa shape index (κ2) is 8.86. The van der Waals surface area contributed by atoms with Crippen molar-refractivity contribution in [3.63, 3.8) is 0 Å². The summed E-state index contributed by atoms with van der Waals surface area (Å²) in [5.74, 6) is 1.24. The van der Waals surface area contributed by atoms with E-state index < -0.39 is 0 Å². The first kappa shape index (κ1) is 21.6. The van der Waals surface area contributed by atoms with Crippen molar-refractivity contribution in [3.05, 3.63) is 35.9 Å². The highest BCUT2D eigenvalue weighted by Crippen LogP contribution is 2.38. The lowest BCUT2D eigenvalue weighted by Gasteiger charge is -2.18. The number of nitrogens with one attached hydrogen (secondary N) is 1. The first-order valence-corrected chi connectivity index (χ1v) is 10.7. The Labute approximate surface area is 186 Å². The molecule has 0 spiro atoms. The molecular formula is C23H28N4O5. The molecule has 4 N–H and O–H groups in total. The zero-order chi connectivity index (χ0) is 22.8. The van der Waals surface area contributed by atoms with E-state index in [1.165, 1.54) is 23.6 Å². The van der Waals surface area contributed by atoms with Crippen LogP contribution in [0.1, 0.15) is 51.0 Å². The Bertz CT molecular complexity index is 1110. The number of benzene rings is 2. The Morgan fingerprint density at radius 3 is 2.44 bits per heavy atom. The SMILES string of the molecule is COc1cc(Nn2c(O)nnc2-c2cc(C(C)C)c(O)cc2O)ccc1OC1CCCC1. The molecule has 1 heterocycles. The highest BCUT2D eigenvalue weighted by atomic mass is 16.5. The molecule has 1 aliphatic carbocycles. The largest absolute Gasteiger partial charge is 0.508 e. The molecule has 0 bridgehead atoms. The number of phenolic OH excluding ortho intramolecular Hbond substituents is 2. The topological polar surface area (TPSA) is 122 Å². The molecular weight excluding hydrogens is 412 g/mol. The second-order valence-electron chi connectivity index (χ2n) is 8.24. The van der Waals surface area contributed by atoms with Crippen molar-refractivity contribution in [2.75, 3.05) is 12.5 Å². The number of methoxy groups -OCH3 is 1. The van der Waals surface area contributed by atoms with Crippen LogP contribution in [0.4, 0.5) is 5.69 Å². The number of hydrogen-bond donors (Lipinski definition) is 4. The Balaban J connectivity index is 1.65. The molecule has 32 heavy (non-hydrogen) atoms. The van der Waals surface area contributed by atoms with Gasteiger partial charge in [-0.2, -0.15) is 4.68 Å². The molecule has 1 saturated carbocycles. The second-order valence-corrected chi connectivity index (χ2v) is 8.24. The molecule has 4 rings (SSSR count). The summed E-state index contributed by atoms with van der Waals surface area (Å²) in [6.45, 7) is 3.86. The quantitative estimate of drug-likeness (QED) is 0.427. The van der Waals surface area contributed by atoms with E-state index in [0.29, 0.717) is 28.3 Å². The molecule has 9 heteroatoms. The summed E-state index contributed by atoms with van der Waals surface area (Å²) in [7, 11) is 1.57. The first-order chi connectivity index (χ1) is 15.4. The maximum Gasteiger partial charge on any atom is 0.334 e. The van der Waals surface area contributed by atoms with Gasteiger partial charge in [-0.05, 0) is 55.4 Å². The van der Waals surface area contributed by atoms with E-state index in [1.54, 1.807) is 25.3 Å². The fourth-order valence-electron chi connectivity index (χ4n) is 3.94. The number of hydrogen-bond acceptors (Lipinski definition) is 8. The minimum Gasteiger partial charge on any atom is -0.508 e. The van der Waals surface area contributed by atoms with Crippen molar-refractivity contribution >= 4 is 5.69 Å². The zero-order valence-corrected chi connectivity index (χ0v) is 18.4. The molecule has 1 aromatic heterocycles. The van der Waals surface area contributed by atoms with Crippen molar-refractivity contribution in [3.8, 4) is 40.4 Å². The van der Waals surface area contributed by atoms with Crippen molar-refractivity contribution < 1.29 is 24.8 Å². The predicted octanol–water partition coefficient (Wildman–Crippen LogP) is 4.39. The van der Waals surface area contributed by atoms with Crippen LogP contribution in [0.25, 0.3) is 11.4 Å². The predicted molar refractivity (Wildman–Crippen MR) is 119 cm³/mol. The van der Waals surface area contributed by atoms with Gasteiger partial charge in [0.1, 0.15) is 11.5 Å². The average molecular weight is 441 g/mol. The standard InChI is InChI=1S/C23H28N4O5/c1-13(2)16-11-17(19(29)12-18(16)28)22-24-25-23(30)27(22)26-14-8-9-20(21(10-14)31-3)32-15-6-4-5-7-15/h8-13,15,26,28-29H,4-7H2,1-3H3,(H,25,30). The van der Waals surface area contributed by atoms with Gasteiger partial charge in [0.05, 0.1) is 24.5 Å². The molecule has 0 saturated heterocycles. The lowest BCUT2D eigenvalue weighted by molar-refractivity contribution is 0.201. The molecule has 0 atom stereocenters. The van der Waals surface area contributed by atoms with Crippen LogP contribution in [0, 0.1) is 0 Å². The van der Waals surface area contributed by atoms with Crippen LogP contribution in [0.15, 0.2) is 30.3 Å². The number of phenols is 2. The van der Waals surface area contributed by atoms with E-state index in [9.17, 15) is 15.3 Å². The smallest absolute Gasteiger partial charge is 0.334 e. The fourth-order valence-corrected chi connectivity index (χ4v) is 3.94. The van der Waals surface area contributed by atoms with E-state index in [0.717, 1.165) is 12.8 Å². The molecule has 0 radical (unpaired) electrons. The summed E-state index contributed by atoms with van der Waals surface area (Å²) < 4.78 is 12.8. The third-order valence-corrected chi connectivity index (χ3v) is 5.65. The molecule has 170 valence electrons. The van der Waals surface area contributed by atoms with Crippen LogP contribution in [-0.4, -0.2) is 43.4 Å². The van der Waals surface area contributed by atoms with Gasteiger partial charge in [0.2, 0.25) is 0 Å². The van der Waals surface area contributed by atoms with Crippen molar-refractivity contribution in [1.29, 1.82) is 0 Å². The number of nitrogens with zero attached hydrogens (tertiary/aromatic N) is 3. The number of anilines is 1. The lowest BCUT2D eigenvalue weighted by Crippen LogP contribution is -2.13. The van der Waals surface area contributed by atoms with E-state index in [4.69, 9.17) is 9.47 Å². The first-order valence-electron chi connectivity index (χ1n) is 10.7. The Morgan fingerprint density at radius 1 is 1.00 bits per heavy atom. The van der Waals surface area contributed by atoms with Gasteiger partial charge in [-0.25, -0.2) is 0 Å². The van der Waals surface area contributed by atoms with E-state index in [2.05, 4.69) is 15.6 Å². The summed E-state index contributed by atoms with van der Waals surface area (Å²) in [5, 5.41) is 38.6. The van der Waals surface area contributed by atoms with Gasteiger partial charge < -0.3 is 24.8 Å². The van der Waals surface area contributed by atoms with Crippen molar-refractivity contribution in [2.24, 2.45) is 0 Å². The summed E-state index contributed by atoms with van der Waals surface area (Å²) in [5.41, 5.74) is 4.59. The van der Waals surface area contributed by atoms with Crippen LogP contribution in [0.5, 0.6) is 29.0 Å². The highest BCUT2D eigenvalue weighted by molar-refractivity contribution is 5.69. The van der Waals surface area contributed by atoms with Gasteiger partial charge in [-0.1, -0.05) is 18.9 Å². The van der Waals surface area contributed by atoms with Gasteiger partial charge in [0, 0.05) is 12.1 Å². The fraction of sp³-hybridized carbons (Fsp3) is 0.391. The van der Waals surface area contributed by atoms with Crippen molar-refractivity contribution in [1.82, 2.24) is 14.9 Å². The van der Waals surface area contributed by atoms with Crippen molar-refractivity contribution in [2.45, 2.75) is 51.6 Å². The Hall–Kier alpha value is -3.62. The minimum absolute atomic E-state index is 0.00733. The average Bonchev–Trinajstić information content (AvgIpc) is 3.39. The normalized spacial score (nSPS) is 14.1. The molecule has 2 aromatic carbocycles. The summed E-state index contributed by atoms with van der Waals surface area (Å²) in [4.78, 5) is 0. The maximum atomic E-state index is 10.4. The number of aromatic nitrogens is 3. The summed E-state index contributed by atoms with van der Waals surface area (Å²) in [6.07, 6.45) is 4.62. The molecule has 0 unspecified atom stereocenters. The molecule has 3 aromatic rings. The molecule has 0 amide bonds. The van der Waals surface area contributed by atoms with E-state index in [1.807, 2.05) is 19.9 Å². The molecule has 0 aliphatic heterocycles. The van der Waals surface area contributed by atoms with Gasteiger partial charge in [0.25, 0.3) is 0 Å². The summed E-state index contributed by atoms with van der Waals surface area (Å²) >= 11 is 0. The minimum atomic E-state index is -0.385. The van der Waals surface area contributed by atoms with Crippen LogP contribution < -0.4 is 14.9 Å². The Kier molecular flexibility index (Phi) is 5.98. The molecule has 1 aliphatic rings. The van der Waals surface area contributed by atoms with E-state index >= 15 is 0 Å². The Morgan fingerprint density at radius 2 is 1.75 bits per heavy atom. The number of aromatic hydroxyl groups is 3. The lowest BCUT2D eigenvalue weighted by atomic mass is 9.98. The van der Waals surface area contributed by atoms with Crippen LogP contribution in [0.2, 0.25) is 0 Å². The third kappa shape index (κ3) is 4.23. The van der Waals surface area contributed by atoms with Crippen LogP contribution >= 0.6 is 0 Å². The van der Waals surface area contributed by atoms with Crippen LogP contribution in [-0.2, 0) is 0 Å². The monoisotopic (exact) mass is 440 g/mol.